The summed E-state index contributed by atoms with van der Waals surface area (Å²) in [6.07, 6.45) is 5.39. The van der Waals surface area contributed by atoms with Gasteiger partial charge in [0.1, 0.15) is 0 Å². The Morgan fingerprint density at radius 3 is 2.69 bits per heavy atom. The minimum absolute atomic E-state index is 0.202. The number of hydrogen-bond acceptors (Lipinski definition) is 4. The Morgan fingerprint density at radius 1 is 1.12 bits per heavy atom. The van der Waals surface area contributed by atoms with Gasteiger partial charge in [-0.25, -0.2) is 0 Å². The smallest absolute Gasteiger partial charge is 0.257 e. The fourth-order valence-corrected chi connectivity index (χ4v) is 3.23. The average molecular weight is 340 g/mol. The van der Waals surface area contributed by atoms with Gasteiger partial charge in [0.2, 0.25) is 0 Å². The lowest BCUT2D eigenvalue weighted by atomic mass is 9.96. The molecule has 0 saturated heterocycles. The fourth-order valence-electron chi connectivity index (χ4n) is 3.23. The monoisotopic (exact) mass is 340 g/mol. The van der Waals surface area contributed by atoms with E-state index in [4.69, 9.17) is 0 Å². The molecule has 0 spiro atoms. The molecule has 0 saturated carbocycles. The van der Waals surface area contributed by atoms with Crippen LogP contribution in [0.25, 0.3) is 11.1 Å². The molecule has 1 aliphatic heterocycles. The molecule has 2 aromatic carbocycles. The van der Waals surface area contributed by atoms with Crippen molar-refractivity contribution in [2.75, 3.05) is 5.32 Å². The van der Waals surface area contributed by atoms with E-state index in [1.54, 1.807) is 23.2 Å². The van der Waals surface area contributed by atoms with Crippen LogP contribution in [0.15, 0.2) is 67.0 Å². The van der Waals surface area contributed by atoms with Crippen molar-refractivity contribution < 1.29 is 4.79 Å². The van der Waals surface area contributed by atoms with Gasteiger partial charge in [-0.2, -0.15) is 5.26 Å². The summed E-state index contributed by atoms with van der Waals surface area (Å²) in [5.41, 5.74) is 5.54. The number of anilines is 1. The second kappa shape index (κ2) is 6.69. The van der Waals surface area contributed by atoms with Gasteiger partial charge >= 0.3 is 0 Å². The maximum Gasteiger partial charge on any atom is 0.257 e. The van der Waals surface area contributed by atoms with E-state index in [9.17, 15) is 10.1 Å². The van der Waals surface area contributed by atoms with Gasteiger partial charge in [-0.1, -0.05) is 30.3 Å². The highest BCUT2D eigenvalue weighted by Crippen LogP contribution is 2.35. The molecule has 1 aromatic heterocycles. The second-order valence-electron chi connectivity index (χ2n) is 6.18. The SMILES string of the molecule is N#CN1Cc2cc(NC(=O)c3cccnc3)cc(-c3ccccc3)c2C1. The summed E-state index contributed by atoms with van der Waals surface area (Å²) in [5.74, 6) is -0.202. The van der Waals surface area contributed by atoms with Crippen molar-refractivity contribution in [2.24, 2.45) is 0 Å². The molecule has 4 rings (SSSR count). The van der Waals surface area contributed by atoms with E-state index in [1.807, 2.05) is 42.5 Å². The highest BCUT2D eigenvalue weighted by atomic mass is 16.1. The van der Waals surface area contributed by atoms with Crippen LogP contribution >= 0.6 is 0 Å². The first-order valence-electron chi connectivity index (χ1n) is 8.32. The Bertz CT molecular complexity index is 994. The van der Waals surface area contributed by atoms with Crippen molar-refractivity contribution >= 4 is 11.6 Å². The highest BCUT2D eigenvalue weighted by Gasteiger charge is 2.23. The lowest BCUT2D eigenvalue weighted by Gasteiger charge is -2.12. The van der Waals surface area contributed by atoms with Crippen molar-refractivity contribution in [3.05, 3.63) is 83.7 Å². The normalized spacial score (nSPS) is 12.3. The van der Waals surface area contributed by atoms with E-state index in [0.29, 0.717) is 18.7 Å². The molecule has 1 N–H and O–H groups in total. The van der Waals surface area contributed by atoms with Gasteiger partial charge in [-0.05, 0) is 46.5 Å². The van der Waals surface area contributed by atoms with Crippen LogP contribution in [0, 0.1) is 11.5 Å². The number of hydrogen-bond donors (Lipinski definition) is 1. The molecule has 1 aliphatic rings. The van der Waals surface area contributed by atoms with Gasteiger partial charge < -0.3 is 10.2 Å². The summed E-state index contributed by atoms with van der Waals surface area (Å²) in [7, 11) is 0. The van der Waals surface area contributed by atoms with E-state index in [-0.39, 0.29) is 5.91 Å². The number of amides is 1. The minimum Gasteiger partial charge on any atom is -0.322 e. The van der Waals surface area contributed by atoms with Gasteiger partial charge in [0, 0.05) is 18.1 Å². The number of aromatic nitrogens is 1. The van der Waals surface area contributed by atoms with Crippen molar-refractivity contribution in [3.63, 3.8) is 0 Å². The van der Waals surface area contributed by atoms with E-state index in [0.717, 1.165) is 27.9 Å². The molecule has 0 aliphatic carbocycles. The molecule has 0 unspecified atom stereocenters. The molecule has 126 valence electrons. The standard InChI is InChI=1S/C21H16N4O/c22-14-25-12-17-9-18(24-21(26)16-7-4-8-23-11-16)10-19(20(17)13-25)15-5-2-1-3-6-15/h1-11H,12-13H2,(H,24,26). The largest absolute Gasteiger partial charge is 0.322 e. The van der Waals surface area contributed by atoms with Crippen LogP contribution < -0.4 is 5.32 Å². The van der Waals surface area contributed by atoms with Crippen LogP contribution in [0.3, 0.4) is 0 Å². The lowest BCUT2D eigenvalue weighted by molar-refractivity contribution is 0.102. The second-order valence-corrected chi connectivity index (χ2v) is 6.18. The summed E-state index contributed by atoms with van der Waals surface area (Å²) in [5, 5.41) is 12.2. The van der Waals surface area contributed by atoms with Crippen LogP contribution in [0.5, 0.6) is 0 Å². The van der Waals surface area contributed by atoms with Gasteiger partial charge in [0.05, 0.1) is 18.7 Å². The van der Waals surface area contributed by atoms with Gasteiger partial charge in [0.25, 0.3) is 5.91 Å². The molecule has 5 nitrogen and oxygen atoms in total. The molecule has 1 amide bonds. The lowest BCUT2D eigenvalue weighted by Crippen LogP contribution is -2.12. The minimum atomic E-state index is -0.202. The zero-order valence-electron chi connectivity index (χ0n) is 14.0. The third-order valence-electron chi connectivity index (χ3n) is 4.46. The number of pyridine rings is 1. The summed E-state index contributed by atoms with van der Waals surface area (Å²) in [6, 6.07) is 17.4. The quantitative estimate of drug-likeness (QED) is 0.736. The molecular weight excluding hydrogens is 324 g/mol. The Morgan fingerprint density at radius 2 is 1.96 bits per heavy atom. The third-order valence-corrected chi connectivity index (χ3v) is 4.46. The molecule has 0 atom stereocenters. The summed E-state index contributed by atoms with van der Waals surface area (Å²) in [4.78, 5) is 18.2. The maximum atomic E-state index is 12.5. The fraction of sp³-hybridized carbons (Fsp3) is 0.0952. The zero-order valence-corrected chi connectivity index (χ0v) is 14.0. The highest BCUT2D eigenvalue weighted by molar-refractivity contribution is 6.04. The number of nitrogens with one attached hydrogen (secondary N) is 1. The van der Waals surface area contributed by atoms with Crippen molar-refractivity contribution in [2.45, 2.75) is 13.1 Å². The predicted octanol–water partition coefficient (Wildman–Crippen LogP) is 3.80. The number of nitriles is 1. The van der Waals surface area contributed by atoms with Crippen LogP contribution in [0.4, 0.5) is 5.69 Å². The Labute approximate surface area is 151 Å². The molecule has 0 radical (unpaired) electrons. The average Bonchev–Trinajstić information content (AvgIpc) is 3.12. The first kappa shape index (κ1) is 15.9. The number of benzene rings is 2. The van der Waals surface area contributed by atoms with Crippen LogP contribution in [-0.2, 0) is 13.1 Å². The first-order chi connectivity index (χ1) is 12.7. The van der Waals surface area contributed by atoms with Gasteiger partial charge in [0.15, 0.2) is 6.19 Å². The van der Waals surface area contributed by atoms with Crippen molar-refractivity contribution in [1.82, 2.24) is 9.88 Å². The topological polar surface area (TPSA) is 69.0 Å². The molecule has 0 fully saturated rings. The number of carbonyl (C=O) groups excluding carboxylic acids is 1. The van der Waals surface area contributed by atoms with E-state index >= 15 is 0 Å². The molecule has 0 bridgehead atoms. The Balaban J connectivity index is 1.73. The molecule has 26 heavy (non-hydrogen) atoms. The van der Waals surface area contributed by atoms with E-state index in [1.165, 1.54) is 6.20 Å². The maximum absolute atomic E-state index is 12.5. The van der Waals surface area contributed by atoms with E-state index in [2.05, 4.69) is 16.5 Å². The van der Waals surface area contributed by atoms with Crippen LogP contribution in [0.1, 0.15) is 21.5 Å². The Hall–Kier alpha value is -3.65. The summed E-state index contributed by atoms with van der Waals surface area (Å²) in [6.45, 7) is 1.15. The molecular formula is C21H16N4O. The van der Waals surface area contributed by atoms with Crippen molar-refractivity contribution in [1.29, 1.82) is 5.26 Å². The predicted molar refractivity (Wildman–Crippen MR) is 98.9 cm³/mol. The molecule has 5 heteroatoms. The number of fused-ring (bicyclic) bond motifs is 1. The van der Waals surface area contributed by atoms with Crippen LogP contribution in [0.2, 0.25) is 0 Å². The summed E-state index contributed by atoms with van der Waals surface area (Å²) < 4.78 is 0. The number of nitrogens with zero attached hydrogens (tertiary/aromatic N) is 3. The number of rotatable bonds is 3. The van der Waals surface area contributed by atoms with Crippen molar-refractivity contribution in [3.8, 4) is 17.3 Å². The van der Waals surface area contributed by atoms with E-state index < -0.39 is 0 Å². The molecule has 3 aromatic rings. The van der Waals surface area contributed by atoms with Gasteiger partial charge in [-0.3, -0.25) is 9.78 Å². The number of carbonyl (C=O) groups is 1. The Kier molecular flexibility index (Phi) is 4.08. The zero-order chi connectivity index (χ0) is 17.9. The van der Waals surface area contributed by atoms with Gasteiger partial charge in [-0.15, -0.1) is 0 Å². The summed E-state index contributed by atoms with van der Waals surface area (Å²) >= 11 is 0. The van der Waals surface area contributed by atoms with Crippen LogP contribution in [-0.4, -0.2) is 15.8 Å². The first-order valence-corrected chi connectivity index (χ1v) is 8.32. The molecule has 2 heterocycles. The third kappa shape index (κ3) is 3.01.